The molecule has 9 heteroatoms. The normalized spacial score (nSPS) is 11.3. The first-order valence-corrected chi connectivity index (χ1v) is 5.75. The molecule has 1 aromatic heterocycles. The van der Waals surface area contributed by atoms with Crippen molar-refractivity contribution in [1.29, 1.82) is 5.26 Å². The van der Waals surface area contributed by atoms with Gasteiger partial charge in [0.15, 0.2) is 0 Å². The number of aryl methyl sites for hydroxylation is 1. The molecule has 2 rings (SSSR count). The van der Waals surface area contributed by atoms with E-state index in [0.717, 1.165) is 23.9 Å². The lowest BCUT2D eigenvalue weighted by Gasteiger charge is -2.10. The Balaban J connectivity index is 2.39. The van der Waals surface area contributed by atoms with Gasteiger partial charge in [0.1, 0.15) is 0 Å². The second-order valence-corrected chi connectivity index (χ2v) is 4.54. The van der Waals surface area contributed by atoms with Crippen molar-refractivity contribution in [2.75, 3.05) is 0 Å². The van der Waals surface area contributed by atoms with E-state index in [2.05, 4.69) is 15.5 Å². The van der Waals surface area contributed by atoms with E-state index in [1.54, 1.807) is 7.05 Å². The number of tetrazole rings is 1. The van der Waals surface area contributed by atoms with Gasteiger partial charge >= 0.3 is 6.18 Å². The van der Waals surface area contributed by atoms with Gasteiger partial charge in [0.2, 0.25) is 5.16 Å². The van der Waals surface area contributed by atoms with E-state index < -0.39 is 17.3 Å². The van der Waals surface area contributed by atoms with Crippen LogP contribution in [-0.2, 0) is 13.2 Å². The molecule has 98 valence electrons. The van der Waals surface area contributed by atoms with Crippen LogP contribution in [0.5, 0.6) is 0 Å². The third kappa shape index (κ3) is 2.85. The lowest BCUT2D eigenvalue weighted by atomic mass is 10.1. The van der Waals surface area contributed by atoms with Crippen LogP contribution in [0, 0.1) is 11.3 Å². The average Bonchev–Trinajstić information content (AvgIpc) is 2.74. The zero-order chi connectivity index (χ0) is 14.0. The van der Waals surface area contributed by atoms with E-state index >= 15 is 0 Å². The molecule has 0 saturated heterocycles. The molecule has 0 spiro atoms. The molecule has 19 heavy (non-hydrogen) atoms. The molecule has 0 amide bonds. The van der Waals surface area contributed by atoms with Crippen molar-refractivity contribution in [2.24, 2.45) is 7.05 Å². The van der Waals surface area contributed by atoms with E-state index in [4.69, 9.17) is 5.26 Å². The molecule has 0 unspecified atom stereocenters. The van der Waals surface area contributed by atoms with Crippen molar-refractivity contribution in [2.45, 2.75) is 16.2 Å². The molecule has 1 heterocycles. The Morgan fingerprint density at radius 2 is 2.11 bits per heavy atom. The molecule has 0 saturated carbocycles. The largest absolute Gasteiger partial charge is 0.417 e. The molecule has 0 bridgehead atoms. The lowest BCUT2D eigenvalue weighted by Crippen LogP contribution is -2.07. The van der Waals surface area contributed by atoms with Crippen molar-refractivity contribution < 1.29 is 13.2 Å². The molecule has 0 aliphatic carbocycles. The average molecular weight is 285 g/mol. The standard InChI is InChI=1S/C10H6F3N5S/c1-18-9(15-16-17-18)19-7-3-2-6(5-14)8(4-7)10(11,12)13/h2-4H,1H3. The summed E-state index contributed by atoms with van der Waals surface area (Å²) in [6.45, 7) is 0. The minimum absolute atomic E-state index is 0.309. The number of rotatable bonds is 2. The third-order valence-corrected chi connectivity index (χ3v) is 3.23. The minimum Gasteiger partial charge on any atom is -0.223 e. The summed E-state index contributed by atoms with van der Waals surface area (Å²) in [6, 6.07) is 5.00. The topological polar surface area (TPSA) is 67.4 Å². The van der Waals surface area contributed by atoms with E-state index in [1.165, 1.54) is 16.8 Å². The van der Waals surface area contributed by atoms with Crippen LogP contribution in [0.15, 0.2) is 28.3 Å². The number of hydrogen-bond acceptors (Lipinski definition) is 5. The van der Waals surface area contributed by atoms with Gasteiger partial charge in [-0.25, -0.2) is 4.68 Å². The smallest absolute Gasteiger partial charge is 0.223 e. The van der Waals surface area contributed by atoms with Gasteiger partial charge in [-0.1, -0.05) is 0 Å². The van der Waals surface area contributed by atoms with Gasteiger partial charge in [-0.3, -0.25) is 0 Å². The minimum atomic E-state index is -4.57. The van der Waals surface area contributed by atoms with Crippen molar-refractivity contribution in [1.82, 2.24) is 20.2 Å². The molecule has 5 nitrogen and oxygen atoms in total. The highest BCUT2D eigenvalue weighted by Gasteiger charge is 2.33. The molecular weight excluding hydrogens is 279 g/mol. The SMILES string of the molecule is Cn1nnnc1Sc1ccc(C#N)c(C(F)(F)F)c1. The molecule has 0 aliphatic rings. The maximum Gasteiger partial charge on any atom is 0.417 e. The van der Waals surface area contributed by atoms with E-state index in [9.17, 15) is 13.2 Å². The number of alkyl halides is 3. The number of nitrogens with zero attached hydrogens (tertiary/aromatic N) is 5. The van der Waals surface area contributed by atoms with Crippen LogP contribution in [0.4, 0.5) is 13.2 Å². The van der Waals surface area contributed by atoms with E-state index in [0.29, 0.717) is 10.1 Å². The van der Waals surface area contributed by atoms with Gasteiger partial charge < -0.3 is 0 Å². The molecule has 0 radical (unpaired) electrons. The molecule has 0 N–H and O–H groups in total. The summed E-state index contributed by atoms with van der Waals surface area (Å²) in [6.07, 6.45) is -4.57. The quantitative estimate of drug-likeness (QED) is 0.846. The number of benzene rings is 1. The van der Waals surface area contributed by atoms with E-state index in [-0.39, 0.29) is 0 Å². The van der Waals surface area contributed by atoms with Crippen molar-refractivity contribution in [3.8, 4) is 6.07 Å². The summed E-state index contributed by atoms with van der Waals surface area (Å²) in [5, 5.41) is 19.7. The van der Waals surface area contributed by atoms with E-state index in [1.807, 2.05) is 0 Å². The van der Waals surface area contributed by atoms with Gasteiger partial charge in [-0.2, -0.15) is 18.4 Å². The monoisotopic (exact) mass is 285 g/mol. The van der Waals surface area contributed by atoms with Crippen molar-refractivity contribution in [3.05, 3.63) is 29.3 Å². The molecular formula is C10H6F3N5S. The summed E-state index contributed by atoms with van der Waals surface area (Å²) in [7, 11) is 1.58. The summed E-state index contributed by atoms with van der Waals surface area (Å²) in [4.78, 5) is 0.309. The third-order valence-electron chi connectivity index (χ3n) is 2.21. The van der Waals surface area contributed by atoms with Gasteiger partial charge in [0.05, 0.1) is 17.2 Å². The zero-order valence-corrected chi connectivity index (χ0v) is 10.3. The number of nitriles is 1. The molecule has 0 fully saturated rings. The zero-order valence-electron chi connectivity index (χ0n) is 9.51. The molecule has 0 atom stereocenters. The Kier molecular flexibility index (Phi) is 3.44. The van der Waals surface area contributed by atoms with Crippen LogP contribution in [0.1, 0.15) is 11.1 Å². The Labute approximate surface area is 110 Å². The van der Waals surface area contributed by atoms with Crippen LogP contribution >= 0.6 is 11.8 Å². The number of hydrogen-bond donors (Lipinski definition) is 0. The van der Waals surface area contributed by atoms with Gasteiger partial charge in [0, 0.05) is 11.9 Å². The fraction of sp³-hybridized carbons (Fsp3) is 0.200. The second-order valence-electron chi connectivity index (χ2n) is 3.50. The maximum atomic E-state index is 12.8. The molecule has 1 aromatic carbocycles. The van der Waals surface area contributed by atoms with Crippen molar-refractivity contribution >= 4 is 11.8 Å². The fourth-order valence-electron chi connectivity index (χ4n) is 1.33. The lowest BCUT2D eigenvalue weighted by molar-refractivity contribution is -0.137. The highest BCUT2D eigenvalue weighted by atomic mass is 32.2. The van der Waals surface area contributed by atoms with Crippen LogP contribution in [-0.4, -0.2) is 20.2 Å². The van der Waals surface area contributed by atoms with Gasteiger partial charge in [-0.15, -0.1) is 5.10 Å². The Hall–Kier alpha value is -2.08. The first kappa shape index (κ1) is 13.4. The number of aromatic nitrogens is 4. The number of halogens is 3. The van der Waals surface area contributed by atoms with Crippen LogP contribution in [0.25, 0.3) is 0 Å². The maximum absolute atomic E-state index is 12.8. The predicted octanol–water partition coefficient (Wildman–Crippen LogP) is 2.25. The molecule has 0 aliphatic heterocycles. The first-order valence-electron chi connectivity index (χ1n) is 4.93. The summed E-state index contributed by atoms with van der Waals surface area (Å²) < 4.78 is 39.6. The Morgan fingerprint density at radius 3 is 2.63 bits per heavy atom. The Morgan fingerprint density at radius 1 is 1.37 bits per heavy atom. The fourth-order valence-corrected chi connectivity index (χ4v) is 2.10. The van der Waals surface area contributed by atoms with Gasteiger partial charge in [-0.05, 0) is 40.4 Å². The molecule has 2 aromatic rings. The van der Waals surface area contributed by atoms with Gasteiger partial charge in [0.25, 0.3) is 0 Å². The summed E-state index contributed by atoms with van der Waals surface area (Å²) in [5.41, 5.74) is -1.37. The first-order chi connectivity index (χ1) is 8.91. The van der Waals surface area contributed by atoms with Crippen LogP contribution in [0.3, 0.4) is 0 Å². The van der Waals surface area contributed by atoms with Crippen LogP contribution < -0.4 is 0 Å². The predicted molar refractivity (Wildman–Crippen MR) is 59.1 cm³/mol. The van der Waals surface area contributed by atoms with Crippen molar-refractivity contribution in [3.63, 3.8) is 0 Å². The summed E-state index contributed by atoms with van der Waals surface area (Å²) >= 11 is 0.988. The highest BCUT2D eigenvalue weighted by Crippen LogP contribution is 2.35. The Bertz CT molecular complexity index is 643. The van der Waals surface area contributed by atoms with Crippen LogP contribution in [0.2, 0.25) is 0 Å². The summed E-state index contributed by atoms with van der Waals surface area (Å²) in [5.74, 6) is 0. The second kappa shape index (κ2) is 4.89. The highest BCUT2D eigenvalue weighted by molar-refractivity contribution is 7.99.